The number of rotatable bonds is 11. The average Bonchev–Trinajstić information content (AvgIpc) is 4.11. The van der Waals surface area contributed by atoms with E-state index in [0.29, 0.717) is 48.9 Å². The second kappa shape index (κ2) is 18.7. The summed E-state index contributed by atoms with van der Waals surface area (Å²) in [5, 5.41) is 42.8. The van der Waals surface area contributed by atoms with Crippen LogP contribution in [0.3, 0.4) is 0 Å². The van der Waals surface area contributed by atoms with E-state index in [1.165, 1.54) is 6.07 Å². The molecular formula is C44H46F2N14O. The summed E-state index contributed by atoms with van der Waals surface area (Å²) in [6, 6.07) is 12.7. The molecule has 1 aliphatic rings. The number of hydrogen-bond donors (Lipinski definition) is 5. The normalized spacial score (nSPS) is 12.0. The number of H-pyrrole nitrogens is 2. The molecule has 17 heteroatoms. The predicted molar refractivity (Wildman–Crippen MR) is 230 cm³/mol. The van der Waals surface area contributed by atoms with Crippen molar-refractivity contribution >= 4 is 21.8 Å². The van der Waals surface area contributed by atoms with Gasteiger partial charge in [0, 0.05) is 79.1 Å². The monoisotopic (exact) mass is 824 g/mol. The summed E-state index contributed by atoms with van der Waals surface area (Å²) < 4.78 is 38.6. The highest BCUT2D eigenvalue weighted by molar-refractivity contribution is 5.95. The number of aromatic nitrogens is 10. The Kier molecular flexibility index (Phi) is 12.9. The highest BCUT2D eigenvalue weighted by Crippen LogP contribution is 2.34. The number of benzene rings is 2. The van der Waals surface area contributed by atoms with Crippen LogP contribution < -0.4 is 16.0 Å². The van der Waals surface area contributed by atoms with E-state index in [4.69, 9.17) is 10.00 Å². The molecule has 0 spiro atoms. The van der Waals surface area contributed by atoms with Gasteiger partial charge in [-0.05, 0) is 60.4 Å². The highest BCUT2D eigenvalue weighted by atomic mass is 19.1. The summed E-state index contributed by atoms with van der Waals surface area (Å²) in [6.45, 7) is 10.1. The first-order valence-corrected chi connectivity index (χ1v) is 19.7. The number of nitrogens with zero attached hydrogens (tertiary/aromatic N) is 9. The number of fused-ring (bicyclic) bond motifs is 2. The van der Waals surface area contributed by atoms with Crippen LogP contribution >= 0.6 is 0 Å². The van der Waals surface area contributed by atoms with Crippen LogP contribution in [0.2, 0.25) is 0 Å². The fourth-order valence-electron chi connectivity index (χ4n) is 7.14. The molecule has 0 aliphatic carbocycles. The Morgan fingerprint density at radius 3 is 1.66 bits per heavy atom. The summed E-state index contributed by atoms with van der Waals surface area (Å²) in [6.07, 6.45) is 12.3. The zero-order valence-corrected chi connectivity index (χ0v) is 34.7. The Balaban J connectivity index is 0.000000178. The number of nitriles is 1. The van der Waals surface area contributed by atoms with Gasteiger partial charge in [-0.15, -0.1) is 0 Å². The van der Waals surface area contributed by atoms with E-state index >= 15 is 4.39 Å². The van der Waals surface area contributed by atoms with Gasteiger partial charge < -0.3 is 20.7 Å². The lowest BCUT2D eigenvalue weighted by molar-refractivity contribution is 0.267. The first kappa shape index (κ1) is 41.9. The molecule has 0 amide bonds. The zero-order valence-electron chi connectivity index (χ0n) is 34.7. The molecule has 0 bridgehead atoms. The second-order valence-electron chi connectivity index (χ2n) is 14.2. The van der Waals surface area contributed by atoms with Crippen molar-refractivity contribution in [1.29, 1.82) is 5.26 Å². The molecule has 1 aliphatic heterocycles. The van der Waals surface area contributed by atoms with Crippen molar-refractivity contribution in [3.05, 3.63) is 119 Å². The van der Waals surface area contributed by atoms with Gasteiger partial charge in [-0.2, -0.15) is 25.7 Å². The van der Waals surface area contributed by atoms with Crippen LogP contribution in [0.4, 0.5) is 8.78 Å². The maximum atomic E-state index is 15.1. The van der Waals surface area contributed by atoms with Gasteiger partial charge in [0.05, 0.1) is 65.5 Å². The van der Waals surface area contributed by atoms with Crippen molar-refractivity contribution in [2.24, 2.45) is 14.1 Å². The number of ether oxygens (including phenoxy) is 1. The molecule has 2 aromatic carbocycles. The fraction of sp³-hybridized carbons (Fsp3) is 0.250. The maximum Gasteiger partial charge on any atom is 0.158 e. The Hall–Kier alpha value is -7.29. The van der Waals surface area contributed by atoms with Gasteiger partial charge in [0.25, 0.3) is 0 Å². The first-order chi connectivity index (χ1) is 29.6. The minimum Gasteiger partial charge on any atom is -0.479 e. The van der Waals surface area contributed by atoms with Gasteiger partial charge in [0.1, 0.15) is 29.3 Å². The van der Waals surface area contributed by atoms with E-state index in [0.717, 1.165) is 72.3 Å². The standard InChI is InChI=1S/C22H22FN7O.C20H18FN7.C2H6/c1-13-3-14(6-24-8-16-11-31-12-26-16)4-18(23)21(13)19-5-17-20(9-25-19)28-29-22(17)15-7-27-30(2)10-15;1-12-5-13(8-23-4-3-22)6-16(21)19(12)17-7-15-18(10-24-17)26-27-20(15)14-9-25-28(2)11-14;1-2/h3-5,7,9-11,24,26H,6,8,12H2,1-2H3,(H,28,29);5-7,9-11,23H,4,8H2,1-2H3,(H,26,27);1-2H3. The quantitative estimate of drug-likeness (QED) is 0.0662. The largest absolute Gasteiger partial charge is 0.479 e. The first-order valence-electron chi connectivity index (χ1n) is 19.7. The number of halogens is 2. The molecule has 5 N–H and O–H groups in total. The van der Waals surface area contributed by atoms with Gasteiger partial charge in [-0.25, -0.2) is 8.78 Å². The number of aromatic amines is 2. The van der Waals surface area contributed by atoms with Crippen molar-refractivity contribution < 1.29 is 13.5 Å². The van der Waals surface area contributed by atoms with Crippen LogP contribution in [-0.4, -0.2) is 69.7 Å². The lowest BCUT2D eigenvalue weighted by atomic mass is 10.00. The van der Waals surface area contributed by atoms with Crippen molar-refractivity contribution in [3.63, 3.8) is 0 Å². The molecule has 7 heterocycles. The lowest BCUT2D eigenvalue weighted by Gasteiger charge is -2.11. The molecule has 0 atom stereocenters. The van der Waals surface area contributed by atoms with E-state index in [9.17, 15) is 4.39 Å². The number of aryl methyl sites for hydroxylation is 4. The summed E-state index contributed by atoms with van der Waals surface area (Å²) in [4.78, 5) is 8.90. The topological polar surface area (TPSA) is 188 Å². The van der Waals surface area contributed by atoms with Gasteiger partial charge in [-0.3, -0.25) is 29.5 Å². The molecule has 312 valence electrons. The van der Waals surface area contributed by atoms with Gasteiger partial charge in [0.15, 0.2) is 6.73 Å². The number of nitrogens with one attached hydrogen (secondary N) is 5. The molecule has 15 nitrogen and oxygen atoms in total. The van der Waals surface area contributed by atoms with Crippen LogP contribution in [0.1, 0.15) is 36.1 Å². The smallest absolute Gasteiger partial charge is 0.158 e. The molecule has 61 heavy (non-hydrogen) atoms. The third-order valence-corrected chi connectivity index (χ3v) is 9.84. The van der Waals surface area contributed by atoms with Crippen LogP contribution in [0, 0.1) is 36.8 Å². The van der Waals surface area contributed by atoms with E-state index in [1.54, 1.807) is 46.5 Å². The zero-order chi connectivity index (χ0) is 43.0. The van der Waals surface area contributed by atoms with Gasteiger partial charge in [0.2, 0.25) is 0 Å². The Morgan fingerprint density at radius 1 is 0.721 bits per heavy atom. The molecule has 0 saturated carbocycles. The minimum absolute atomic E-state index is 0.220. The minimum atomic E-state index is -0.341. The van der Waals surface area contributed by atoms with Crippen LogP contribution in [0.15, 0.2) is 85.5 Å². The highest BCUT2D eigenvalue weighted by Gasteiger charge is 2.18. The van der Waals surface area contributed by atoms with Gasteiger partial charge in [-0.1, -0.05) is 26.0 Å². The second-order valence-corrected chi connectivity index (χ2v) is 14.2. The summed E-state index contributed by atoms with van der Waals surface area (Å²) in [5.41, 5.74) is 11.2. The number of pyridine rings is 2. The van der Waals surface area contributed by atoms with Crippen molar-refractivity contribution in [1.82, 2.24) is 65.9 Å². The van der Waals surface area contributed by atoms with E-state index < -0.39 is 0 Å². The summed E-state index contributed by atoms with van der Waals surface area (Å²) in [5.74, 6) is -0.636. The molecule has 8 aromatic rings. The summed E-state index contributed by atoms with van der Waals surface area (Å²) >= 11 is 0. The average molecular weight is 825 g/mol. The Bertz CT molecular complexity index is 2830. The van der Waals surface area contributed by atoms with Crippen molar-refractivity contribution in [2.75, 3.05) is 19.8 Å². The number of hydrogen-bond acceptors (Lipinski definition) is 11. The Morgan fingerprint density at radius 2 is 1.23 bits per heavy atom. The SMILES string of the molecule is CC.Cc1cc(CNCC#N)cc(F)c1-c1cc2c(-c3cnn(C)c3)n[nH]c2cn1.Cc1cc(CNCC2=COCN2)cc(F)c1-c1cc2c(-c3cnn(C)c3)n[nH]c2cn1. The Labute approximate surface area is 350 Å². The lowest BCUT2D eigenvalue weighted by Crippen LogP contribution is -2.22. The van der Waals surface area contributed by atoms with Gasteiger partial charge >= 0.3 is 0 Å². The van der Waals surface area contributed by atoms with E-state index in [1.807, 2.05) is 84.5 Å². The van der Waals surface area contributed by atoms with Crippen LogP contribution in [0.25, 0.3) is 66.8 Å². The predicted octanol–water partition coefficient (Wildman–Crippen LogP) is 7.09. The molecule has 0 unspecified atom stereocenters. The maximum absolute atomic E-state index is 15.1. The summed E-state index contributed by atoms with van der Waals surface area (Å²) in [7, 11) is 3.70. The molecule has 0 fully saturated rings. The molecule has 0 saturated heterocycles. The van der Waals surface area contributed by atoms with E-state index in [2.05, 4.69) is 56.5 Å². The molecule has 9 rings (SSSR count). The van der Waals surface area contributed by atoms with Crippen LogP contribution in [-0.2, 0) is 31.9 Å². The van der Waals surface area contributed by atoms with Crippen molar-refractivity contribution in [2.45, 2.75) is 40.8 Å². The van der Waals surface area contributed by atoms with E-state index in [-0.39, 0.29) is 18.2 Å². The third kappa shape index (κ3) is 9.30. The van der Waals surface area contributed by atoms with Crippen LogP contribution in [0.5, 0.6) is 0 Å². The molecule has 6 aromatic heterocycles. The molecular weight excluding hydrogens is 779 g/mol. The van der Waals surface area contributed by atoms with Crippen molar-refractivity contribution in [3.8, 4) is 51.1 Å². The third-order valence-electron chi connectivity index (χ3n) is 9.84. The fourth-order valence-corrected chi connectivity index (χ4v) is 7.14. The molecule has 0 radical (unpaired) electrons.